The SMILES string of the molecule is O=C(Nc1n[nH]c(C(F)(F)F)n1)c1ccc2c(c1)C(=O)N(CCc1ccccc1)C2=O. The molecule has 0 saturated heterocycles. The second-order valence-corrected chi connectivity index (χ2v) is 6.72. The van der Waals surface area contributed by atoms with Crippen LogP contribution < -0.4 is 5.32 Å². The molecule has 3 aromatic rings. The van der Waals surface area contributed by atoms with Crippen LogP contribution in [-0.4, -0.2) is 44.3 Å². The van der Waals surface area contributed by atoms with E-state index in [0.717, 1.165) is 10.5 Å². The summed E-state index contributed by atoms with van der Waals surface area (Å²) in [6.45, 7) is 0.176. The van der Waals surface area contributed by atoms with Gasteiger partial charge in [0.15, 0.2) is 0 Å². The predicted molar refractivity (Wildman–Crippen MR) is 101 cm³/mol. The van der Waals surface area contributed by atoms with E-state index in [1.807, 2.05) is 30.3 Å². The van der Waals surface area contributed by atoms with E-state index < -0.39 is 35.7 Å². The summed E-state index contributed by atoms with van der Waals surface area (Å²) in [4.78, 5) is 41.9. The summed E-state index contributed by atoms with van der Waals surface area (Å²) in [7, 11) is 0. The van der Waals surface area contributed by atoms with Gasteiger partial charge in [-0.25, -0.2) is 0 Å². The zero-order valence-corrected chi connectivity index (χ0v) is 15.7. The Balaban J connectivity index is 1.48. The highest BCUT2D eigenvalue weighted by atomic mass is 19.4. The molecule has 0 spiro atoms. The topological polar surface area (TPSA) is 108 Å². The molecule has 2 aromatic carbocycles. The maximum absolute atomic E-state index is 12.7. The zero-order valence-electron chi connectivity index (χ0n) is 15.7. The first-order chi connectivity index (χ1) is 14.7. The van der Waals surface area contributed by atoms with Gasteiger partial charge in [0.1, 0.15) is 0 Å². The summed E-state index contributed by atoms with van der Waals surface area (Å²) in [6.07, 6.45) is -4.26. The van der Waals surface area contributed by atoms with E-state index in [4.69, 9.17) is 0 Å². The second kappa shape index (κ2) is 7.67. The number of carbonyl (C=O) groups is 3. The molecule has 0 fully saturated rings. The van der Waals surface area contributed by atoms with Gasteiger partial charge in [0, 0.05) is 12.1 Å². The lowest BCUT2D eigenvalue weighted by atomic mass is 10.1. The number of hydrogen-bond donors (Lipinski definition) is 2. The molecule has 2 heterocycles. The van der Waals surface area contributed by atoms with Gasteiger partial charge in [0.2, 0.25) is 11.8 Å². The number of anilines is 1. The number of benzene rings is 2. The highest BCUT2D eigenvalue weighted by Gasteiger charge is 2.37. The fraction of sp³-hybridized carbons (Fsp3) is 0.150. The van der Waals surface area contributed by atoms with Crippen LogP contribution in [0.25, 0.3) is 0 Å². The first-order valence-corrected chi connectivity index (χ1v) is 9.09. The molecule has 1 aliphatic rings. The minimum Gasteiger partial charge on any atom is -0.289 e. The Labute approximate surface area is 173 Å². The number of rotatable bonds is 5. The third-order valence-corrected chi connectivity index (χ3v) is 4.68. The van der Waals surface area contributed by atoms with Crippen molar-refractivity contribution < 1.29 is 27.6 Å². The van der Waals surface area contributed by atoms with Crippen LogP contribution in [0.5, 0.6) is 0 Å². The van der Waals surface area contributed by atoms with Crippen LogP contribution in [0.4, 0.5) is 19.1 Å². The van der Waals surface area contributed by atoms with Crippen LogP contribution in [0.2, 0.25) is 0 Å². The molecule has 1 aromatic heterocycles. The van der Waals surface area contributed by atoms with Crippen LogP contribution in [-0.2, 0) is 12.6 Å². The molecule has 0 unspecified atom stereocenters. The van der Waals surface area contributed by atoms with Crippen LogP contribution in [0, 0.1) is 0 Å². The highest BCUT2D eigenvalue weighted by molar-refractivity contribution is 6.22. The van der Waals surface area contributed by atoms with E-state index in [1.54, 1.807) is 5.10 Å². The van der Waals surface area contributed by atoms with Crippen LogP contribution in [0.3, 0.4) is 0 Å². The maximum Gasteiger partial charge on any atom is 0.451 e. The lowest BCUT2D eigenvalue weighted by molar-refractivity contribution is -0.144. The number of alkyl halides is 3. The minimum atomic E-state index is -4.74. The summed E-state index contributed by atoms with van der Waals surface area (Å²) in [6, 6.07) is 13.2. The largest absolute Gasteiger partial charge is 0.451 e. The lowest BCUT2D eigenvalue weighted by Gasteiger charge is -2.13. The summed E-state index contributed by atoms with van der Waals surface area (Å²) in [5.74, 6) is -3.75. The number of fused-ring (bicyclic) bond motifs is 1. The van der Waals surface area contributed by atoms with Crippen molar-refractivity contribution in [1.29, 1.82) is 0 Å². The first kappa shape index (κ1) is 20.3. The number of imide groups is 1. The van der Waals surface area contributed by atoms with E-state index in [1.165, 1.54) is 18.2 Å². The standard InChI is InChI=1S/C20H14F3N5O3/c21-20(22,23)18-25-19(27-26-18)24-15(29)12-6-7-13-14(10-12)17(31)28(16(13)30)9-8-11-4-2-1-3-5-11/h1-7,10H,8-9H2,(H2,24,25,26,27,29). The van der Waals surface area contributed by atoms with Gasteiger partial charge in [-0.15, -0.1) is 5.10 Å². The molecule has 3 amide bonds. The quantitative estimate of drug-likeness (QED) is 0.607. The van der Waals surface area contributed by atoms with Crippen molar-refractivity contribution in [1.82, 2.24) is 20.1 Å². The number of hydrogen-bond acceptors (Lipinski definition) is 5. The highest BCUT2D eigenvalue weighted by Crippen LogP contribution is 2.27. The monoisotopic (exact) mass is 429 g/mol. The average Bonchev–Trinajstić information content (AvgIpc) is 3.31. The van der Waals surface area contributed by atoms with E-state index in [0.29, 0.717) is 6.42 Å². The molecular weight excluding hydrogens is 415 g/mol. The zero-order chi connectivity index (χ0) is 22.2. The summed E-state index contributed by atoms with van der Waals surface area (Å²) >= 11 is 0. The number of nitrogens with one attached hydrogen (secondary N) is 2. The number of nitrogens with zero attached hydrogens (tertiary/aromatic N) is 3. The average molecular weight is 429 g/mol. The fourth-order valence-electron chi connectivity index (χ4n) is 3.14. The number of halogens is 3. The Kier molecular flexibility index (Phi) is 5.01. The van der Waals surface area contributed by atoms with Gasteiger partial charge in [0.25, 0.3) is 17.7 Å². The molecule has 0 saturated carbocycles. The van der Waals surface area contributed by atoms with Crippen LogP contribution in [0.15, 0.2) is 48.5 Å². The van der Waals surface area contributed by atoms with E-state index >= 15 is 0 Å². The second-order valence-electron chi connectivity index (χ2n) is 6.72. The van der Waals surface area contributed by atoms with Gasteiger partial charge in [-0.2, -0.15) is 18.2 Å². The lowest BCUT2D eigenvalue weighted by Crippen LogP contribution is -2.31. The van der Waals surface area contributed by atoms with E-state index in [2.05, 4.69) is 15.4 Å². The van der Waals surface area contributed by atoms with Crippen molar-refractivity contribution in [3.63, 3.8) is 0 Å². The van der Waals surface area contributed by atoms with Gasteiger partial charge < -0.3 is 0 Å². The summed E-state index contributed by atoms with van der Waals surface area (Å²) < 4.78 is 37.7. The number of aromatic amines is 1. The molecular formula is C20H14F3N5O3. The first-order valence-electron chi connectivity index (χ1n) is 9.09. The van der Waals surface area contributed by atoms with E-state index in [9.17, 15) is 27.6 Å². The summed E-state index contributed by atoms with van der Waals surface area (Å²) in [5, 5.41) is 7.10. The normalized spacial score (nSPS) is 13.5. The molecule has 4 rings (SSSR count). The van der Waals surface area contributed by atoms with Crippen molar-refractivity contribution >= 4 is 23.7 Å². The molecule has 11 heteroatoms. The molecule has 8 nitrogen and oxygen atoms in total. The van der Waals surface area contributed by atoms with Crippen LogP contribution in [0.1, 0.15) is 42.5 Å². The van der Waals surface area contributed by atoms with Gasteiger partial charge >= 0.3 is 6.18 Å². The molecule has 2 N–H and O–H groups in total. The van der Waals surface area contributed by atoms with Gasteiger partial charge in [-0.3, -0.25) is 29.7 Å². The summed E-state index contributed by atoms with van der Waals surface area (Å²) in [5.41, 5.74) is 1.15. The van der Waals surface area contributed by atoms with Crippen molar-refractivity contribution in [3.05, 3.63) is 76.6 Å². The number of amides is 3. The molecule has 0 radical (unpaired) electrons. The van der Waals surface area contributed by atoms with Crippen LogP contribution >= 0.6 is 0 Å². The van der Waals surface area contributed by atoms with E-state index in [-0.39, 0.29) is 23.2 Å². The maximum atomic E-state index is 12.7. The predicted octanol–water partition coefficient (Wildman–Crippen LogP) is 2.91. The van der Waals surface area contributed by atoms with Crippen molar-refractivity contribution in [2.45, 2.75) is 12.6 Å². The molecule has 0 atom stereocenters. The molecule has 158 valence electrons. The Morgan fingerprint density at radius 3 is 2.42 bits per heavy atom. The van der Waals surface area contributed by atoms with Crippen molar-refractivity contribution in [3.8, 4) is 0 Å². The van der Waals surface area contributed by atoms with Gasteiger partial charge in [-0.05, 0) is 30.2 Å². The third-order valence-electron chi connectivity index (χ3n) is 4.68. The third kappa shape index (κ3) is 4.02. The molecule has 1 aliphatic heterocycles. The Hall–Kier alpha value is -4.02. The Bertz CT molecular complexity index is 1170. The van der Waals surface area contributed by atoms with Crippen molar-refractivity contribution in [2.75, 3.05) is 11.9 Å². The van der Waals surface area contributed by atoms with Crippen molar-refractivity contribution in [2.24, 2.45) is 0 Å². The fourth-order valence-corrected chi connectivity index (χ4v) is 3.14. The van der Waals surface area contributed by atoms with Gasteiger partial charge in [-0.1, -0.05) is 30.3 Å². The van der Waals surface area contributed by atoms with Gasteiger partial charge in [0.05, 0.1) is 11.1 Å². The minimum absolute atomic E-state index is 0.0248. The number of H-pyrrole nitrogens is 1. The Morgan fingerprint density at radius 2 is 1.74 bits per heavy atom. The number of aromatic nitrogens is 3. The molecule has 0 aliphatic carbocycles. The number of carbonyl (C=O) groups excluding carboxylic acids is 3. The molecule has 0 bridgehead atoms. The Morgan fingerprint density at radius 1 is 1.03 bits per heavy atom. The smallest absolute Gasteiger partial charge is 0.289 e. The molecule has 31 heavy (non-hydrogen) atoms.